The predicted molar refractivity (Wildman–Crippen MR) is 88.0 cm³/mol. The SMILES string of the molecule is CCCCS(=O)(=O)N1CCCN(C(=O)CC2CCCC2)CC1. The number of nitrogens with zero attached hydrogens (tertiary/aromatic N) is 2. The second-order valence-corrected chi connectivity index (χ2v) is 8.75. The molecule has 0 aromatic rings. The van der Waals surface area contributed by atoms with Crippen LogP contribution in [0, 0.1) is 5.92 Å². The maximum absolute atomic E-state index is 12.4. The zero-order valence-electron chi connectivity index (χ0n) is 13.8. The molecule has 0 unspecified atom stereocenters. The van der Waals surface area contributed by atoms with Gasteiger partial charge < -0.3 is 4.90 Å². The molecular formula is C16H30N2O3S. The van der Waals surface area contributed by atoms with E-state index in [1.54, 1.807) is 4.31 Å². The van der Waals surface area contributed by atoms with Crippen LogP contribution in [-0.4, -0.2) is 55.5 Å². The Morgan fingerprint density at radius 3 is 2.45 bits per heavy atom. The van der Waals surface area contributed by atoms with Gasteiger partial charge in [0.2, 0.25) is 15.9 Å². The Labute approximate surface area is 135 Å². The van der Waals surface area contributed by atoms with E-state index in [1.807, 2.05) is 11.8 Å². The summed E-state index contributed by atoms with van der Waals surface area (Å²) in [6.45, 7) is 4.27. The van der Waals surface area contributed by atoms with E-state index >= 15 is 0 Å². The Hall–Kier alpha value is -0.620. The standard InChI is InChI=1S/C16H30N2O3S/c1-2-3-13-22(20,21)18-10-6-9-17(11-12-18)16(19)14-15-7-4-5-8-15/h15H,2-14H2,1H3. The van der Waals surface area contributed by atoms with Crippen LogP contribution in [0.5, 0.6) is 0 Å². The van der Waals surface area contributed by atoms with Crippen molar-refractivity contribution < 1.29 is 13.2 Å². The van der Waals surface area contributed by atoms with Crippen LogP contribution >= 0.6 is 0 Å². The first kappa shape index (κ1) is 17.7. The average Bonchev–Trinajstić information content (AvgIpc) is 2.85. The molecule has 2 aliphatic rings. The summed E-state index contributed by atoms with van der Waals surface area (Å²) in [5, 5.41) is 0. The highest BCUT2D eigenvalue weighted by Gasteiger charge is 2.27. The van der Waals surface area contributed by atoms with Crippen molar-refractivity contribution >= 4 is 15.9 Å². The van der Waals surface area contributed by atoms with Gasteiger partial charge >= 0.3 is 0 Å². The van der Waals surface area contributed by atoms with E-state index in [9.17, 15) is 13.2 Å². The van der Waals surface area contributed by atoms with Gasteiger partial charge in [0.1, 0.15) is 0 Å². The molecule has 1 amide bonds. The summed E-state index contributed by atoms with van der Waals surface area (Å²) in [5.74, 6) is 1.01. The topological polar surface area (TPSA) is 57.7 Å². The van der Waals surface area contributed by atoms with Crippen LogP contribution in [0.15, 0.2) is 0 Å². The van der Waals surface area contributed by atoms with Crippen LogP contribution in [0.4, 0.5) is 0 Å². The Bertz CT molecular complexity index is 458. The molecule has 0 aromatic heterocycles. The number of sulfonamides is 1. The third-order valence-corrected chi connectivity index (χ3v) is 6.85. The van der Waals surface area contributed by atoms with Crippen molar-refractivity contribution in [3.8, 4) is 0 Å². The molecule has 1 saturated carbocycles. The fraction of sp³-hybridized carbons (Fsp3) is 0.938. The second kappa shape index (κ2) is 8.29. The summed E-state index contributed by atoms with van der Waals surface area (Å²) >= 11 is 0. The minimum Gasteiger partial charge on any atom is -0.341 e. The van der Waals surface area contributed by atoms with Gasteiger partial charge in [-0.15, -0.1) is 0 Å². The predicted octanol–water partition coefficient (Wildman–Crippen LogP) is 2.23. The van der Waals surface area contributed by atoms with Crippen LogP contribution in [0.25, 0.3) is 0 Å². The van der Waals surface area contributed by atoms with Gasteiger partial charge in [-0.3, -0.25) is 4.79 Å². The minimum atomic E-state index is -3.14. The molecule has 22 heavy (non-hydrogen) atoms. The Balaban J connectivity index is 1.84. The van der Waals surface area contributed by atoms with Crippen LogP contribution in [0.3, 0.4) is 0 Å². The van der Waals surface area contributed by atoms with Crippen molar-refractivity contribution in [3.05, 3.63) is 0 Å². The molecule has 0 bridgehead atoms. The molecule has 1 heterocycles. The summed E-state index contributed by atoms with van der Waals surface area (Å²) in [7, 11) is -3.14. The van der Waals surface area contributed by atoms with Gasteiger partial charge in [-0.2, -0.15) is 0 Å². The molecule has 2 rings (SSSR count). The van der Waals surface area contributed by atoms with Gasteiger partial charge in [0.05, 0.1) is 5.75 Å². The first-order valence-electron chi connectivity index (χ1n) is 8.78. The maximum atomic E-state index is 12.4. The first-order chi connectivity index (χ1) is 10.5. The lowest BCUT2D eigenvalue weighted by Gasteiger charge is -2.23. The number of carbonyl (C=O) groups excluding carboxylic acids is 1. The average molecular weight is 330 g/mol. The third-order valence-electron chi connectivity index (χ3n) is 4.89. The monoisotopic (exact) mass is 330 g/mol. The molecule has 6 heteroatoms. The largest absolute Gasteiger partial charge is 0.341 e. The summed E-state index contributed by atoms with van der Waals surface area (Å²) in [4.78, 5) is 14.3. The summed E-state index contributed by atoms with van der Waals surface area (Å²) in [6.07, 6.45) is 7.86. The molecule has 5 nitrogen and oxygen atoms in total. The lowest BCUT2D eigenvalue weighted by molar-refractivity contribution is -0.132. The zero-order chi connectivity index (χ0) is 16.0. The molecule has 0 spiro atoms. The van der Waals surface area contributed by atoms with Crippen molar-refractivity contribution in [2.24, 2.45) is 5.92 Å². The van der Waals surface area contributed by atoms with Gasteiger partial charge in [-0.05, 0) is 31.6 Å². The first-order valence-corrected chi connectivity index (χ1v) is 10.4. The fourth-order valence-electron chi connectivity index (χ4n) is 3.47. The molecule has 1 aliphatic heterocycles. The van der Waals surface area contributed by atoms with E-state index in [-0.39, 0.29) is 11.7 Å². The van der Waals surface area contributed by atoms with E-state index in [0.717, 1.165) is 12.8 Å². The highest BCUT2D eigenvalue weighted by molar-refractivity contribution is 7.89. The molecule has 128 valence electrons. The van der Waals surface area contributed by atoms with E-state index in [0.29, 0.717) is 44.9 Å². The van der Waals surface area contributed by atoms with Gasteiger partial charge in [-0.1, -0.05) is 26.2 Å². The quantitative estimate of drug-likeness (QED) is 0.750. The van der Waals surface area contributed by atoms with Crippen molar-refractivity contribution in [1.29, 1.82) is 0 Å². The van der Waals surface area contributed by atoms with Crippen molar-refractivity contribution in [3.63, 3.8) is 0 Å². The third kappa shape index (κ3) is 4.95. The summed E-state index contributed by atoms with van der Waals surface area (Å²) < 4.78 is 26.1. The molecule has 0 radical (unpaired) electrons. The molecule has 1 aliphatic carbocycles. The highest BCUT2D eigenvalue weighted by atomic mass is 32.2. The second-order valence-electron chi connectivity index (χ2n) is 6.66. The fourth-order valence-corrected chi connectivity index (χ4v) is 5.15. The number of hydrogen-bond donors (Lipinski definition) is 0. The number of unbranched alkanes of at least 4 members (excludes halogenated alkanes) is 1. The van der Waals surface area contributed by atoms with Gasteiger partial charge in [0.15, 0.2) is 0 Å². The summed E-state index contributed by atoms with van der Waals surface area (Å²) in [6, 6.07) is 0. The van der Waals surface area contributed by atoms with Crippen LogP contribution in [0.2, 0.25) is 0 Å². The normalized spacial score (nSPS) is 22.0. The lowest BCUT2D eigenvalue weighted by atomic mass is 10.0. The number of carbonyl (C=O) groups is 1. The lowest BCUT2D eigenvalue weighted by Crippen LogP contribution is -2.38. The molecule has 2 fully saturated rings. The van der Waals surface area contributed by atoms with Crippen LogP contribution in [0.1, 0.15) is 58.3 Å². The van der Waals surface area contributed by atoms with E-state index in [1.165, 1.54) is 25.7 Å². The van der Waals surface area contributed by atoms with E-state index < -0.39 is 10.0 Å². The molecule has 1 saturated heterocycles. The van der Waals surface area contributed by atoms with Crippen molar-refractivity contribution in [2.75, 3.05) is 31.9 Å². The number of rotatable bonds is 6. The number of amides is 1. The van der Waals surface area contributed by atoms with E-state index in [2.05, 4.69) is 0 Å². The van der Waals surface area contributed by atoms with Crippen molar-refractivity contribution in [1.82, 2.24) is 9.21 Å². The van der Waals surface area contributed by atoms with Gasteiger partial charge in [0.25, 0.3) is 0 Å². The van der Waals surface area contributed by atoms with E-state index in [4.69, 9.17) is 0 Å². The summed E-state index contributed by atoms with van der Waals surface area (Å²) in [5.41, 5.74) is 0. The zero-order valence-corrected chi connectivity index (χ0v) is 14.6. The van der Waals surface area contributed by atoms with Crippen LogP contribution < -0.4 is 0 Å². The molecular weight excluding hydrogens is 300 g/mol. The number of hydrogen-bond acceptors (Lipinski definition) is 3. The molecule has 0 atom stereocenters. The Kier molecular flexibility index (Phi) is 6.68. The van der Waals surface area contributed by atoms with Crippen LogP contribution in [-0.2, 0) is 14.8 Å². The van der Waals surface area contributed by atoms with Crippen molar-refractivity contribution in [2.45, 2.75) is 58.3 Å². The Morgan fingerprint density at radius 1 is 1.05 bits per heavy atom. The Morgan fingerprint density at radius 2 is 1.77 bits per heavy atom. The molecule has 0 N–H and O–H groups in total. The van der Waals surface area contributed by atoms with Gasteiger partial charge in [-0.25, -0.2) is 12.7 Å². The highest BCUT2D eigenvalue weighted by Crippen LogP contribution is 2.28. The minimum absolute atomic E-state index is 0.222. The maximum Gasteiger partial charge on any atom is 0.222 e. The smallest absolute Gasteiger partial charge is 0.222 e. The molecule has 0 aromatic carbocycles. The van der Waals surface area contributed by atoms with Gasteiger partial charge in [0, 0.05) is 32.6 Å².